The number of nitrogens with zero attached hydrogens (tertiary/aromatic N) is 4. The van der Waals surface area contributed by atoms with Crippen LogP contribution in [0.2, 0.25) is 0 Å². The van der Waals surface area contributed by atoms with Crippen molar-refractivity contribution in [2.45, 2.75) is 25.7 Å². The van der Waals surface area contributed by atoms with Gasteiger partial charge in [-0.3, -0.25) is 0 Å². The second-order valence-electron chi connectivity index (χ2n) is 5.93. The van der Waals surface area contributed by atoms with E-state index in [0.29, 0.717) is 11.5 Å². The normalized spacial score (nSPS) is 17.6. The van der Waals surface area contributed by atoms with Gasteiger partial charge in [0.15, 0.2) is 5.82 Å². The smallest absolute Gasteiger partial charge is 0.238 e. The van der Waals surface area contributed by atoms with Crippen LogP contribution in [0.3, 0.4) is 0 Å². The molecule has 4 heterocycles. The first-order valence-electron chi connectivity index (χ1n) is 8.06. The van der Waals surface area contributed by atoms with Crippen LogP contribution in [0.5, 0.6) is 5.88 Å². The summed E-state index contributed by atoms with van der Waals surface area (Å²) in [6, 6.07) is 3.86. The molecule has 2 N–H and O–H groups in total. The highest BCUT2D eigenvalue weighted by atomic mass is 35.5. The first kappa shape index (κ1) is 19.3. The van der Waals surface area contributed by atoms with Crippen LogP contribution in [0.1, 0.15) is 36.9 Å². The monoisotopic (exact) mass is 381 g/mol. The molecule has 0 atom stereocenters. The quantitative estimate of drug-likeness (QED) is 0.823. The predicted octanol–water partition coefficient (Wildman–Crippen LogP) is 3.99. The highest BCUT2D eigenvalue weighted by Crippen LogP contribution is 2.32. The first-order chi connectivity index (χ1) is 11.3. The van der Waals surface area contributed by atoms with Gasteiger partial charge in [0, 0.05) is 36.6 Å². The molecule has 0 aliphatic carbocycles. The van der Waals surface area contributed by atoms with Crippen LogP contribution in [-0.2, 0) is 0 Å². The lowest BCUT2D eigenvalue weighted by molar-refractivity contribution is 0.455. The number of fused-ring (bicyclic) bond motifs is 1. The van der Waals surface area contributed by atoms with E-state index in [0.717, 1.165) is 30.2 Å². The molecule has 4 rings (SSSR count). The summed E-state index contributed by atoms with van der Waals surface area (Å²) in [6.45, 7) is 1.97. The maximum absolute atomic E-state index is 10.2. The van der Waals surface area contributed by atoms with Crippen LogP contribution < -0.4 is 4.90 Å². The topological polar surface area (TPSA) is 77.4 Å². The maximum Gasteiger partial charge on any atom is 0.238 e. The number of allylic oxidation sites excluding steroid dienone is 1. The van der Waals surface area contributed by atoms with Gasteiger partial charge in [-0.1, -0.05) is 12.8 Å². The lowest BCUT2D eigenvalue weighted by Gasteiger charge is -2.18. The zero-order valence-corrected chi connectivity index (χ0v) is 15.3. The Bertz CT molecular complexity index is 779. The minimum absolute atomic E-state index is 0. The molecule has 6 nitrogen and oxygen atoms in total. The van der Waals surface area contributed by atoms with Crippen molar-refractivity contribution in [2.24, 2.45) is 4.99 Å². The molecule has 0 spiro atoms. The van der Waals surface area contributed by atoms with Gasteiger partial charge in [-0.25, -0.2) is 9.98 Å². The molecule has 1 fully saturated rings. The third-order valence-electron chi connectivity index (χ3n) is 4.33. The van der Waals surface area contributed by atoms with Gasteiger partial charge in [0.05, 0.1) is 0 Å². The number of nitrogens with one attached hydrogen (secondary N) is 1. The van der Waals surface area contributed by atoms with E-state index in [-0.39, 0.29) is 30.7 Å². The number of anilines is 1. The number of aromatic amines is 1. The van der Waals surface area contributed by atoms with Crippen molar-refractivity contribution in [1.82, 2.24) is 15.0 Å². The van der Waals surface area contributed by atoms with Crippen molar-refractivity contribution in [3.8, 4) is 5.88 Å². The Balaban J connectivity index is 0.00000113. The molecule has 0 aromatic carbocycles. The molecule has 0 radical (unpaired) electrons. The molecule has 25 heavy (non-hydrogen) atoms. The predicted molar refractivity (Wildman–Crippen MR) is 106 cm³/mol. The van der Waals surface area contributed by atoms with Gasteiger partial charge in [-0.2, -0.15) is 4.98 Å². The zero-order valence-electron chi connectivity index (χ0n) is 13.7. The number of hydrogen-bond acceptors (Lipinski definition) is 5. The average molecular weight is 382 g/mol. The number of imidazole rings is 1. The fourth-order valence-corrected chi connectivity index (χ4v) is 3.09. The fourth-order valence-electron chi connectivity index (χ4n) is 3.09. The number of aromatic nitrogens is 3. The van der Waals surface area contributed by atoms with Crippen LogP contribution in [0.4, 0.5) is 11.8 Å². The Morgan fingerprint density at radius 3 is 2.64 bits per heavy atom. The molecule has 134 valence electrons. The molecule has 0 amide bonds. The second-order valence-corrected chi connectivity index (χ2v) is 5.93. The third kappa shape index (κ3) is 3.96. The molecule has 2 aliphatic rings. The summed E-state index contributed by atoms with van der Waals surface area (Å²) in [5.41, 5.74) is 2.51. The van der Waals surface area contributed by atoms with Gasteiger partial charge in [-0.15, -0.1) is 24.8 Å². The Kier molecular flexibility index (Phi) is 6.45. The highest BCUT2D eigenvalue weighted by molar-refractivity contribution is 6.20. The number of aliphatic imine (C=N–C) groups is 1. The minimum Gasteiger partial charge on any atom is -0.492 e. The number of aromatic hydroxyl groups is 1. The van der Waals surface area contributed by atoms with Crippen LogP contribution in [0.25, 0.3) is 11.6 Å². The van der Waals surface area contributed by atoms with Gasteiger partial charge in [-0.05, 0) is 31.1 Å². The summed E-state index contributed by atoms with van der Waals surface area (Å²) in [5.74, 6) is 1.49. The fraction of sp³-hybridized carbons (Fsp3) is 0.353. The van der Waals surface area contributed by atoms with E-state index in [2.05, 4.69) is 24.8 Å². The van der Waals surface area contributed by atoms with E-state index in [1.165, 1.54) is 25.7 Å². The van der Waals surface area contributed by atoms with E-state index in [4.69, 9.17) is 0 Å². The first-order valence-corrected chi connectivity index (χ1v) is 8.06. The standard InChI is InChI=1S/C17H19N5O.2ClH/c23-16-14(10-12-11-19-15-13(12)6-5-7-18-15)20-17(21-16)22-8-3-1-2-4-9-22;;/h5-7,10-11,23H,1-4,8-9H2,(H,20,21);2*1H/b12-10+;;. The van der Waals surface area contributed by atoms with Crippen molar-refractivity contribution in [2.75, 3.05) is 18.0 Å². The summed E-state index contributed by atoms with van der Waals surface area (Å²) in [6.07, 6.45) is 10.2. The Morgan fingerprint density at radius 1 is 1.12 bits per heavy atom. The third-order valence-corrected chi connectivity index (χ3v) is 4.33. The number of halogens is 2. The van der Waals surface area contributed by atoms with E-state index < -0.39 is 0 Å². The minimum atomic E-state index is 0. The summed E-state index contributed by atoms with van der Waals surface area (Å²) in [4.78, 5) is 18.3. The Morgan fingerprint density at radius 2 is 1.88 bits per heavy atom. The Labute approximate surface area is 158 Å². The Hall–Kier alpha value is -2.05. The summed E-state index contributed by atoms with van der Waals surface area (Å²) in [7, 11) is 0. The molecule has 2 aromatic rings. The molecule has 2 aromatic heterocycles. The summed E-state index contributed by atoms with van der Waals surface area (Å²) >= 11 is 0. The van der Waals surface area contributed by atoms with Crippen LogP contribution >= 0.6 is 24.8 Å². The van der Waals surface area contributed by atoms with Gasteiger partial charge in [0.25, 0.3) is 0 Å². The van der Waals surface area contributed by atoms with Crippen molar-refractivity contribution < 1.29 is 5.11 Å². The highest BCUT2D eigenvalue weighted by Gasteiger charge is 2.18. The van der Waals surface area contributed by atoms with E-state index in [1.807, 2.05) is 18.2 Å². The number of rotatable bonds is 2. The van der Waals surface area contributed by atoms with Crippen molar-refractivity contribution in [1.29, 1.82) is 0 Å². The van der Waals surface area contributed by atoms with E-state index in [1.54, 1.807) is 12.4 Å². The van der Waals surface area contributed by atoms with Gasteiger partial charge in [0.2, 0.25) is 11.8 Å². The van der Waals surface area contributed by atoms with Gasteiger partial charge < -0.3 is 15.0 Å². The second kappa shape index (κ2) is 8.36. The molecule has 8 heteroatoms. The molecule has 0 unspecified atom stereocenters. The number of pyridine rings is 1. The van der Waals surface area contributed by atoms with E-state index >= 15 is 0 Å². The number of hydrogen-bond donors (Lipinski definition) is 2. The maximum atomic E-state index is 10.2. The van der Waals surface area contributed by atoms with Crippen LogP contribution in [0, 0.1) is 0 Å². The lowest BCUT2D eigenvalue weighted by atomic mass is 10.1. The number of H-pyrrole nitrogens is 1. The SMILES string of the molecule is Cl.Cl.Oc1nc(N2CCCCCC2)[nH]c1/C=C1\C=Nc2ncccc21. The zero-order chi connectivity index (χ0) is 15.6. The van der Waals surface area contributed by atoms with Crippen LogP contribution in [-0.4, -0.2) is 39.4 Å². The average Bonchev–Trinajstić information content (AvgIpc) is 3.01. The summed E-state index contributed by atoms with van der Waals surface area (Å²) in [5, 5.41) is 10.2. The van der Waals surface area contributed by atoms with Crippen LogP contribution in [0.15, 0.2) is 23.3 Å². The van der Waals surface area contributed by atoms with Crippen molar-refractivity contribution >= 4 is 54.4 Å². The van der Waals surface area contributed by atoms with Gasteiger partial charge >= 0.3 is 0 Å². The largest absolute Gasteiger partial charge is 0.492 e. The molecular formula is C17H21Cl2N5O. The molecule has 2 aliphatic heterocycles. The molecular weight excluding hydrogens is 361 g/mol. The molecule has 0 bridgehead atoms. The van der Waals surface area contributed by atoms with E-state index in [9.17, 15) is 5.11 Å². The lowest BCUT2D eigenvalue weighted by Crippen LogP contribution is -2.24. The van der Waals surface area contributed by atoms with Crippen molar-refractivity contribution in [3.05, 3.63) is 29.6 Å². The molecule has 1 saturated heterocycles. The summed E-state index contributed by atoms with van der Waals surface area (Å²) < 4.78 is 0. The molecule has 0 saturated carbocycles. The van der Waals surface area contributed by atoms with Crippen molar-refractivity contribution in [3.63, 3.8) is 0 Å². The van der Waals surface area contributed by atoms with Gasteiger partial charge in [0.1, 0.15) is 5.69 Å².